The molecular weight excluding hydrogens is 176 g/mol. The Labute approximate surface area is 63.0 Å². The molecule has 0 aliphatic heterocycles. The van der Waals surface area contributed by atoms with E-state index in [0.717, 1.165) is 10.0 Å². The van der Waals surface area contributed by atoms with Crippen LogP contribution in [0.3, 0.4) is 0 Å². The summed E-state index contributed by atoms with van der Waals surface area (Å²) in [5, 5.41) is 0. The normalized spacial score (nSPS) is 8.44. The molecule has 0 aliphatic rings. The van der Waals surface area contributed by atoms with Crippen LogP contribution in [0.4, 0.5) is 0 Å². The molecular formula is C8H4Br. The Hall–Kier alpha value is -0.740. The topological polar surface area (TPSA) is 0 Å². The molecule has 0 bridgehead atoms. The summed E-state index contributed by atoms with van der Waals surface area (Å²) in [4.78, 5) is 0. The minimum absolute atomic E-state index is 0.789. The maximum absolute atomic E-state index is 6.80. The Morgan fingerprint density at radius 3 is 2.44 bits per heavy atom. The summed E-state index contributed by atoms with van der Waals surface area (Å²) >= 11 is 3.27. The van der Waals surface area contributed by atoms with Gasteiger partial charge in [0.15, 0.2) is 0 Å². The SMILES string of the molecule is [C]#Cc1ccccc1Br. The highest BCUT2D eigenvalue weighted by Crippen LogP contribution is 2.13. The minimum atomic E-state index is 0.789. The molecule has 0 atom stereocenters. The number of hydrogen-bond donors (Lipinski definition) is 0. The van der Waals surface area contributed by atoms with Gasteiger partial charge >= 0.3 is 0 Å². The monoisotopic (exact) mass is 179 g/mol. The Bertz CT molecular complexity index is 245. The highest BCUT2D eigenvalue weighted by molar-refractivity contribution is 9.10. The third kappa shape index (κ3) is 1.34. The molecule has 0 spiro atoms. The third-order valence-electron chi connectivity index (χ3n) is 1.01. The molecule has 1 rings (SSSR count). The van der Waals surface area contributed by atoms with Crippen LogP contribution in [0.15, 0.2) is 28.7 Å². The molecule has 43 valence electrons. The van der Waals surface area contributed by atoms with Gasteiger partial charge in [0.1, 0.15) is 0 Å². The predicted octanol–water partition coefficient (Wildman–Crippen LogP) is 2.39. The summed E-state index contributed by atoms with van der Waals surface area (Å²) in [6, 6.07) is 7.50. The van der Waals surface area contributed by atoms with Crippen molar-refractivity contribution in [2.24, 2.45) is 0 Å². The van der Waals surface area contributed by atoms with E-state index in [2.05, 4.69) is 21.9 Å². The Balaban J connectivity index is 3.20. The van der Waals surface area contributed by atoms with E-state index in [1.165, 1.54) is 0 Å². The van der Waals surface area contributed by atoms with Crippen LogP contribution in [0.5, 0.6) is 0 Å². The zero-order valence-electron chi connectivity index (χ0n) is 4.69. The first-order valence-corrected chi connectivity index (χ1v) is 3.31. The van der Waals surface area contributed by atoms with Crippen LogP contribution < -0.4 is 0 Å². The maximum Gasteiger partial charge on any atom is 0.0397 e. The van der Waals surface area contributed by atoms with Crippen LogP contribution in [0.1, 0.15) is 5.56 Å². The van der Waals surface area contributed by atoms with Crippen molar-refractivity contribution >= 4 is 15.9 Å². The number of hydrogen-bond acceptors (Lipinski definition) is 0. The molecule has 0 saturated carbocycles. The molecule has 1 heteroatoms. The molecule has 0 nitrogen and oxygen atoms in total. The zero-order valence-corrected chi connectivity index (χ0v) is 6.27. The van der Waals surface area contributed by atoms with Crippen molar-refractivity contribution in [2.75, 3.05) is 0 Å². The van der Waals surface area contributed by atoms with Crippen LogP contribution in [-0.4, -0.2) is 0 Å². The van der Waals surface area contributed by atoms with Gasteiger partial charge in [-0.05, 0) is 34.5 Å². The largest absolute Gasteiger partial charge is 0.0611 e. The molecule has 0 aromatic heterocycles. The van der Waals surface area contributed by atoms with Gasteiger partial charge in [-0.2, -0.15) is 0 Å². The van der Waals surface area contributed by atoms with Gasteiger partial charge in [0.25, 0.3) is 0 Å². The summed E-state index contributed by atoms with van der Waals surface area (Å²) < 4.78 is 0.917. The first kappa shape index (κ1) is 6.38. The molecule has 1 aromatic rings. The number of benzene rings is 1. The molecule has 0 heterocycles. The lowest BCUT2D eigenvalue weighted by Crippen LogP contribution is -1.72. The third-order valence-corrected chi connectivity index (χ3v) is 1.70. The van der Waals surface area contributed by atoms with Gasteiger partial charge < -0.3 is 0 Å². The molecule has 1 aromatic carbocycles. The van der Waals surface area contributed by atoms with E-state index in [0.29, 0.717) is 0 Å². The van der Waals surface area contributed by atoms with Crippen LogP contribution in [0, 0.1) is 12.3 Å². The van der Waals surface area contributed by atoms with E-state index in [1.54, 1.807) is 0 Å². The van der Waals surface area contributed by atoms with Crippen LogP contribution in [0.2, 0.25) is 0 Å². The standard InChI is InChI=1S/C8H4Br/c1-2-7-5-3-4-6-8(7)9/h3-6H. The Kier molecular flexibility index (Phi) is 1.92. The minimum Gasteiger partial charge on any atom is -0.0611 e. The van der Waals surface area contributed by atoms with Crippen molar-refractivity contribution in [3.63, 3.8) is 0 Å². The molecule has 0 fully saturated rings. The van der Waals surface area contributed by atoms with Gasteiger partial charge in [-0.3, -0.25) is 0 Å². The predicted molar refractivity (Wildman–Crippen MR) is 40.4 cm³/mol. The first-order chi connectivity index (χ1) is 4.34. The first-order valence-electron chi connectivity index (χ1n) is 2.52. The molecule has 0 aliphatic carbocycles. The van der Waals surface area contributed by atoms with Crippen LogP contribution >= 0.6 is 15.9 Å². The van der Waals surface area contributed by atoms with Crippen molar-refractivity contribution in [1.29, 1.82) is 0 Å². The summed E-state index contributed by atoms with van der Waals surface area (Å²) in [5.74, 6) is 2.30. The smallest absolute Gasteiger partial charge is 0.0397 e. The number of rotatable bonds is 0. The average Bonchev–Trinajstić information content (AvgIpc) is 1.89. The molecule has 0 unspecified atom stereocenters. The van der Waals surface area contributed by atoms with Crippen molar-refractivity contribution < 1.29 is 0 Å². The second-order valence-corrected chi connectivity index (χ2v) is 2.46. The second kappa shape index (κ2) is 2.70. The van der Waals surface area contributed by atoms with Gasteiger partial charge in [-0.25, -0.2) is 0 Å². The van der Waals surface area contributed by atoms with Gasteiger partial charge in [0, 0.05) is 10.0 Å². The molecule has 0 N–H and O–H groups in total. The van der Waals surface area contributed by atoms with Crippen LogP contribution in [-0.2, 0) is 0 Å². The van der Waals surface area contributed by atoms with Gasteiger partial charge in [-0.15, -0.1) is 0 Å². The Morgan fingerprint density at radius 1 is 1.33 bits per heavy atom. The van der Waals surface area contributed by atoms with E-state index < -0.39 is 0 Å². The fourth-order valence-corrected chi connectivity index (χ4v) is 0.946. The maximum atomic E-state index is 6.80. The highest BCUT2D eigenvalue weighted by Gasteiger charge is 1.89. The average molecular weight is 180 g/mol. The number of halogens is 1. The summed E-state index contributed by atoms with van der Waals surface area (Å²) in [7, 11) is 0. The van der Waals surface area contributed by atoms with Crippen LogP contribution in [0.25, 0.3) is 0 Å². The quantitative estimate of drug-likeness (QED) is 0.537. The van der Waals surface area contributed by atoms with Gasteiger partial charge in [-0.1, -0.05) is 18.1 Å². The lowest BCUT2D eigenvalue weighted by Gasteiger charge is -1.90. The summed E-state index contributed by atoms with van der Waals surface area (Å²) in [6.07, 6.45) is 6.80. The van der Waals surface area contributed by atoms with E-state index in [1.807, 2.05) is 24.3 Å². The molecule has 1 radical (unpaired) electrons. The fraction of sp³-hybridized carbons (Fsp3) is 0. The lowest BCUT2D eigenvalue weighted by atomic mass is 10.2. The highest BCUT2D eigenvalue weighted by atomic mass is 79.9. The summed E-state index contributed by atoms with van der Waals surface area (Å²) in [5.41, 5.74) is 0.789. The summed E-state index contributed by atoms with van der Waals surface area (Å²) in [6.45, 7) is 0. The van der Waals surface area contributed by atoms with Crippen molar-refractivity contribution in [3.8, 4) is 5.92 Å². The van der Waals surface area contributed by atoms with Crippen molar-refractivity contribution in [2.45, 2.75) is 0 Å². The van der Waals surface area contributed by atoms with E-state index in [4.69, 9.17) is 6.42 Å². The van der Waals surface area contributed by atoms with E-state index >= 15 is 0 Å². The van der Waals surface area contributed by atoms with Gasteiger partial charge in [0.05, 0.1) is 0 Å². The molecule has 9 heavy (non-hydrogen) atoms. The van der Waals surface area contributed by atoms with E-state index in [9.17, 15) is 0 Å². The zero-order chi connectivity index (χ0) is 6.69. The van der Waals surface area contributed by atoms with E-state index in [-0.39, 0.29) is 0 Å². The lowest BCUT2D eigenvalue weighted by molar-refractivity contribution is 1.59. The van der Waals surface area contributed by atoms with Crippen molar-refractivity contribution in [3.05, 3.63) is 40.7 Å². The fourth-order valence-electron chi connectivity index (χ4n) is 0.563. The Morgan fingerprint density at radius 2 is 2.00 bits per heavy atom. The molecule has 0 amide bonds. The second-order valence-electron chi connectivity index (χ2n) is 1.60. The molecule has 0 saturated heterocycles. The van der Waals surface area contributed by atoms with Gasteiger partial charge in [0.2, 0.25) is 0 Å². The van der Waals surface area contributed by atoms with Crippen molar-refractivity contribution in [1.82, 2.24) is 0 Å².